The highest BCUT2D eigenvalue weighted by Crippen LogP contribution is 2.31. The number of anilines is 1. The topological polar surface area (TPSA) is 61.8 Å². The lowest BCUT2D eigenvalue weighted by atomic mass is 10.2. The second-order valence-electron chi connectivity index (χ2n) is 5.81. The van der Waals surface area contributed by atoms with Crippen LogP contribution < -0.4 is 5.32 Å². The summed E-state index contributed by atoms with van der Waals surface area (Å²) in [7, 11) is 0. The molecule has 0 aliphatic carbocycles. The number of amidine groups is 1. The van der Waals surface area contributed by atoms with Gasteiger partial charge in [0.2, 0.25) is 11.8 Å². The molecule has 2 aromatic carbocycles. The van der Waals surface area contributed by atoms with Gasteiger partial charge in [0.15, 0.2) is 5.17 Å². The van der Waals surface area contributed by atoms with Gasteiger partial charge in [0.05, 0.1) is 11.4 Å². The number of carbonyl (C=O) groups excluding carboxylic acids is 2. The fraction of sp³-hybridized carbons (Fsp3) is 0.150. The molecule has 1 heterocycles. The summed E-state index contributed by atoms with van der Waals surface area (Å²) in [4.78, 5) is 31.0. The predicted octanol–water partition coefficient (Wildman–Crippen LogP) is 3.97. The number of nitrogens with one attached hydrogen (secondary N) is 1. The monoisotopic (exact) mass is 383 g/mol. The van der Waals surface area contributed by atoms with Gasteiger partial charge in [-0.2, -0.15) is 0 Å². The maximum absolute atomic E-state index is 13.7. The average Bonchev–Trinajstić information content (AvgIpc) is 2.93. The van der Waals surface area contributed by atoms with Crippen molar-refractivity contribution in [1.29, 1.82) is 0 Å². The number of rotatable bonds is 6. The number of halogens is 1. The van der Waals surface area contributed by atoms with Gasteiger partial charge in [-0.05, 0) is 24.3 Å². The lowest BCUT2D eigenvalue weighted by Crippen LogP contribution is -2.33. The summed E-state index contributed by atoms with van der Waals surface area (Å²) < 4.78 is 13.7. The van der Waals surface area contributed by atoms with Crippen LogP contribution in [-0.4, -0.2) is 33.7 Å². The molecule has 1 aliphatic heterocycles. The van der Waals surface area contributed by atoms with E-state index in [2.05, 4.69) is 16.9 Å². The number of para-hydroxylation sites is 2. The van der Waals surface area contributed by atoms with Crippen LogP contribution in [0.1, 0.15) is 6.42 Å². The molecule has 2 amide bonds. The molecule has 2 aromatic rings. The zero-order valence-electron chi connectivity index (χ0n) is 14.5. The van der Waals surface area contributed by atoms with Gasteiger partial charge in [0, 0.05) is 13.0 Å². The van der Waals surface area contributed by atoms with Crippen LogP contribution in [0.2, 0.25) is 0 Å². The Balaban J connectivity index is 1.73. The van der Waals surface area contributed by atoms with E-state index in [1.54, 1.807) is 18.2 Å². The van der Waals surface area contributed by atoms with Crippen molar-refractivity contribution in [2.75, 3.05) is 11.9 Å². The molecule has 0 unspecified atom stereocenters. The van der Waals surface area contributed by atoms with Gasteiger partial charge < -0.3 is 5.32 Å². The number of thioether (sulfide) groups is 1. The molecule has 0 spiro atoms. The number of carbonyl (C=O) groups is 2. The summed E-state index contributed by atoms with van der Waals surface area (Å²) in [6.07, 6.45) is 1.54. The number of aliphatic imine (C=N–C) groups is 1. The van der Waals surface area contributed by atoms with E-state index in [4.69, 9.17) is 0 Å². The highest BCUT2D eigenvalue weighted by atomic mass is 32.2. The summed E-state index contributed by atoms with van der Waals surface area (Å²) in [5.41, 5.74) is 0.817. The molecule has 0 saturated carbocycles. The second kappa shape index (κ2) is 8.64. The Hall–Kier alpha value is -2.93. The molecule has 5 nitrogen and oxygen atoms in total. The zero-order chi connectivity index (χ0) is 19.2. The Kier molecular flexibility index (Phi) is 6.03. The van der Waals surface area contributed by atoms with Gasteiger partial charge in [0.25, 0.3) is 0 Å². The van der Waals surface area contributed by atoms with E-state index < -0.39 is 17.0 Å². The molecule has 1 saturated heterocycles. The maximum Gasteiger partial charge on any atom is 0.242 e. The van der Waals surface area contributed by atoms with Crippen molar-refractivity contribution in [1.82, 2.24) is 4.90 Å². The van der Waals surface area contributed by atoms with Crippen LogP contribution in [0.15, 0.2) is 72.2 Å². The van der Waals surface area contributed by atoms with E-state index in [0.29, 0.717) is 11.7 Å². The Morgan fingerprint density at radius 2 is 1.93 bits per heavy atom. The lowest BCUT2D eigenvalue weighted by molar-refractivity contribution is -0.127. The summed E-state index contributed by atoms with van der Waals surface area (Å²) in [5, 5.41) is 2.42. The summed E-state index contributed by atoms with van der Waals surface area (Å²) >= 11 is 1.23. The normalized spacial score (nSPS) is 18.0. The van der Waals surface area contributed by atoms with Gasteiger partial charge in [-0.15, -0.1) is 6.58 Å². The smallest absolute Gasteiger partial charge is 0.242 e. The van der Waals surface area contributed by atoms with Crippen molar-refractivity contribution >= 4 is 40.1 Å². The van der Waals surface area contributed by atoms with E-state index in [9.17, 15) is 14.0 Å². The van der Waals surface area contributed by atoms with Gasteiger partial charge in [-0.1, -0.05) is 48.2 Å². The molecule has 1 N–H and O–H groups in total. The first-order valence-electron chi connectivity index (χ1n) is 8.35. The number of amides is 2. The Labute approximate surface area is 161 Å². The summed E-state index contributed by atoms with van der Waals surface area (Å²) in [5.74, 6) is -1.15. The van der Waals surface area contributed by atoms with Crippen LogP contribution in [0, 0.1) is 5.82 Å². The minimum absolute atomic E-state index is 0.0702. The van der Waals surface area contributed by atoms with Crippen molar-refractivity contribution in [3.05, 3.63) is 73.1 Å². The van der Waals surface area contributed by atoms with E-state index in [-0.39, 0.29) is 18.0 Å². The van der Waals surface area contributed by atoms with Crippen LogP contribution in [0.5, 0.6) is 0 Å². The molecule has 7 heteroatoms. The quantitative estimate of drug-likeness (QED) is 0.768. The van der Waals surface area contributed by atoms with Crippen molar-refractivity contribution in [3.8, 4) is 0 Å². The molecular formula is C20H18FN3O2S. The first-order valence-corrected chi connectivity index (χ1v) is 9.23. The highest BCUT2D eigenvalue weighted by molar-refractivity contribution is 8.15. The molecule has 1 atom stereocenters. The van der Waals surface area contributed by atoms with Crippen LogP contribution >= 0.6 is 11.8 Å². The number of hydrogen-bond acceptors (Lipinski definition) is 4. The number of benzene rings is 2. The molecular weight excluding hydrogens is 365 g/mol. The Bertz CT molecular complexity index is 886. The largest absolute Gasteiger partial charge is 0.324 e. The first kappa shape index (κ1) is 18.8. The fourth-order valence-corrected chi connectivity index (χ4v) is 3.73. The standard InChI is InChI=1S/C20H18FN3O2S/c1-2-12-24-19(26)17(27-20(24)22-14-8-4-3-5-9-14)13-18(25)23-16-11-7-6-10-15(16)21/h2-11,17H,1,12-13H2,(H,23,25)/t17-/m1/s1. The molecule has 1 fully saturated rings. The maximum atomic E-state index is 13.7. The van der Waals surface area contributed by atoms with Gasteiger partial charge in [0.1, 0.15) is 11.1 Å². The highest BCUT2D eigenvalue weighted by Gasteiger charge is 2.38. The van der Waals surface area contributed by atoms with E-state index in [1.807, 2.05) is 30.3 Å². The third kappa shape index (κ3) is 4.62. The van der Waals surface area contributed by atoms with Crippen molar-refractivity contribution in [2.45, 2.75) is 11.7 Å². The SMILES string of the molecule is C=CCN1C(=O)[C@@H](CC(=O)Nc2ccccc2F)SC1=Nc1ccccc1. The molecule has 27 heavy (non-hydrogen) atoms. The molecule has 1 aliphatic rings. The summed E-state index contributed by atoms with van der Waals surface area (Å²) in [6.45, 7) is 3.98. The zero-order valence-corrected chi connectivity index (χ0v) is 15.3. The second-order valence-corrected chi connectivity index (χ2v) is 6.98. The Morgan fingerprint density at radius 3 is 2.63 bits per heavy atom. The minimum Gasteiger partial charge on any atom is -0.324 e. The molecule has 3 rings (SSSR count). The first-order chi connectivity index (χ1) is 13.1. The Morgan fingerprint density at radius 1 is 1.22 bits per heavy atom. The third-order valence-corrected chi connectivity index (χ3v) is 5.01. The van der Waals surface area contributed by atoms with Crippen molar-refractivity contribution < 1.29 is 14.0 Å². The number of nitrogens with zero attached hydrogens (tertiary/aromatic N) is 2. The van der Waals surface area contributed by atoms with Crippen molar-refractivity contribution in [2.24, 2.45) is 4.99 Å². The molecule has 138 valence electrons. The van der Waals surface area contributed by atoms with Crippen LogP contribution in [0.3, 0.4) is 0 Å². The van der Waals surface area contributed by atoms with Gasteiger partial charge in [-0.25, -0.2) is 9.38 Å². The van der Waals surface area contributed by atoms with E-state index in [1.165, 1.54) is 28.8 Å². The van der Waals surface area contributed by atoms with E-state index >= 15 is 0 Å². The van der Waals surface area contributed by atoms with Crippen molar-refractivity contribution in [3.63, 3.8) is 0 Å². The number of hydrogen-bond donors (Lipinski definition) is 1. The fourth-order valence-electron chi connectivity index (χ4n) is 2.57. The van der Waals surface area contributed by atoms with Crippen LogP contribution in [-0.2, 0) is 9.59 Å². The predicted molar refractivity (Wildman–Crippen MR) is 106 cm³/mol. The minimum atomic E-state index is -0.612. The molecule has 0 bridgehead atoms. The lowest BCUT2D eigenvalue weighted by Gasteiger charge is -2.13. The van der Waals surface area contributed by atoms with Gasteiger partial charge in [-0.3, -0.25) is 14.5 Å². The molecule has 0 radical (unpaired) electrons. The van der Waals surface area contributed by atoms with Gasteiger partial charge >= 0.3 is 0 Å². The molecule has 0 aromatic heterocycles. The van der Waals surface area contributed by atoms with E-state index in [0.717, 1.165) is 5.69 Å². The average molecular weight is 383 g/mol. The van der Waals surface area contributed by atoms with Crippen LogP contribution in [0.25, 0.3) is 0 Å². The third-order valence-electron chi connectivity index (χ3n) is 3.83. The van der Waals surface area contributed by atoms with Crippen LogP contribution in [0.4, 0.5) is 15.8 Å². The summed E-state index contributed by atoms with van der Waals surface area (Å²) in [6, 6.07) is 15.2.